The standard InChI is InChI=1S/C20H20FN3O4/c1-3-18(26)23-19-11-24(20(27)28-19)13-6-7-14(15(21)10-13)12-4-8-16(22-2)17(25)9-5-12/h4-10,19H,3,11H2,1-2H3,(H,22,25)(H,23,26)/t19-/m0/s1. The average Bonchev–Trinajstić information content (AvgIpc) is 2.93. The summed E-state index contributed by atoms with van der Waals surface area (Å²) >= 11 is 0. The summed E-state index contributed by atoms with van der Waals surface area (Å²) in [6.45, 7) is 1.78. The number of hydrogen-bond donors (Lipinski definition) is 2. The normalized spacial score (nSPS) is 15.9. The van der Waals surface area contributed by atoms with Crippen molar-refractivity contribution in [2.24, 2.45) is 0 Å². The number of nitrogens with one attached hydrogen (secondary N) is 2. The predicted octanol–water partition coefficient (Wildman–Crippen LogP) is 2.70. The summed E-state index contributed by atoms with van der Waals surface area (Å²) < 4.78 is 19.8. The molecular weight excluding hydrogens is 365 g/mol. The van der Waals surface area contributed by atoms with E-state index < -0.39 is 18.1 Å². The highest BCUT2D eigenvalue weighted by atomic mass is 19.1. The molecule has 0 aliphatic carbocycles. The first kappa shape index (κ1) is 19.3. The van der Waals surface area contributed by atoms with Gasteiger partial charge in [0.25, 0.3) is 0 Å². The maximum Gasteiger partial charge on any atom is 0.416 e. The Morgan fingerprint density at radius 1 is 1.21 bits per heavy atom. The molecule has 3 rings (SSSR count). The molecular formula is C20H20FN3O4. The number of anilines is 2. The zero-order valence-electron chi connectivity index (χ0n) is 15.5. The summed E-state index contributed by atoms with van der Waals surface area (Å²) in [6.07, 6.45) is -1.16. The van der Waals surface area contributed by atoms with E-state index in [0.717, 1.165) is 0 Å². The molecule has 0 unspecified atom stereocenters. The molecule has 0 aromatic heterocycles. The van der Waals surface area contributed by atoms with Gasteiger partial charge in [0.2, 0.25) is 11.3 Å². The van der Waals surface area contributed by atoms with Crippen LogP contribution in [-0.2, 0) is 9.53 Å². The summed E-state index contributed by atoms with van der Waals surface area (Å²) in [5.74, 6) is -0.784. The van der Waals surface area contributed by atoms with Gasteiger partial charge in [-0.25, -0.2) is 9.18 Å². The van der Waals surface area contributed by atoms with Gasteiger partial charge in [0.1, 0.15) is 5.82 Å². The number of ether oxygens (including phenoxy) is 1. The Morgan fingerprint density at radius 2 is 1.96 bits per heavy atom. The van der Waals surface area contributed by atoms with Crippen molar-refractivity contribution in [1.29, 1.82) is 0 Å². The fraction of sp³-hybridized carbons (Fsp3) is 0.250. The van der Waals surface area contributed by atoms with E-state index in [2.05, 4.69) is 10.6 Å². The van der Waals surface area contributed by atoms with Crippen LogP contribution in [-0.4, -0.2) is 31.8 Å². The van der Waals surface area contributed by atoms with E-state index in [1.165, 1.54) is 23.1 Å². The molecule has 0 saturated carbocycles. The molecule has 2 amide bonds. The highest BCUT2D eigenvalue weighted by Crippen LogP contribution is 2.28. The van der Waals surface area contributed by atoms with Gasteiger partial charge in [-0.15, -0.1) is 0 Å². The molecule has 1 heterocycles. The van der Waals surface area contributed by atoms with Crippen molar-refractivity contribution in [3.8, 4) is 11.1 Å². The van der Waals surface area contributed by atoms with Gasteiger partial charge < -0.3 is 15.4 Å². The van der Waals surface area contributed by atoms with Gasteiger partial charge in [0, 0.05) is 19.0 Å². The Morgan fingerprint density at radius 3 is 2.64 bits per heavy atom. The van der Waals surface area contributed by atoms with Crippen LogP contribution >= 0.6 is 0 Å². The highest BCUT2D eigenvalue weighted by molar-refractivity contribution is 5.90. The summed E-state index contributed by atoms with van der Waals surface area (Å²) in [6, 6.07) is 10.5. The molecule has 1 saturated heterocycles. The number of carbonyl (C=O) groups excluding carboxylic acids is 2. The first-order valence-corrected chi connectivity index (χ1v) is 8.82. The molecule has 146 valence electrons. The van der Waals surface area contributed by atoms with Crippen molar-refractivity contribution in [3.63, 3.8) is 0 Å². The number of benzene rings is 1. The van der Waals surface area contributed by atoms with E-state index in [1.54, 1.807) is 38.2 Å². The van der Waals surface area contributed by atoms with Crippen LogP contribution in [0.25, 0.3) is 11.1 Å². The SMILES string of the molecule is CCC(=O)N[C@@H]1CN(c2ccc(-c3ccc(NC)c(=O)cc3)c(F)c2)C(=O)O1. The molecule has 1 aliphatic heterocycles. The monoisotopic (exact) mass is 385 g/mol. The van der Waals surface area contributed by atoms with Crippen molar-refractivity contribution in [2.45, 2.75) is 19.6 Å². The highest BCUT2D eigenvalue weighted by Gasteiger charge is 2.33. The number of nitrogens with zero attached hydrogens (tertiary/aromatic N) is 1. The number of cyclic esters (lactones) is 1. The van der Waals surface area contributed by atoms with Gasteiger partial charge in [-0.2, -0.15) is 0 Å². The van der Waals surface area contributed by atoms with Crippen molar-refractivity contribution in [2.75, 3.05) is 23.8 Å². The van der Waals surface area contributed by atoms with Gasteiger partial charge in [-0.3, -0.25) is 14.5 Å². The van der Waals surface area contributed by atoms with Crippen LogP contribution in [0.5, 0.6) is 0 Å². The Hall–Kier alpha value is -3.42. The lowest BCUT2D eigenvalue weighted by Gasteiger charge is -2.14. The zero-order valence-corrected chi connectivity index (χ0v) is 15.5. The van der Waals surface area contributed by atoms with E-state index in [0.29, 0.717) is 22.5 Å². The fourth-order valence-electron chi connectivity index (χ4n) is 2.89. The van der Waals surface area contributed by atoms with Crippen molar-refractivity contribution < 1.29 is 18.7 Å². The molecule has 2 aromatic carbocycles. The maximum atomic E-state index is 14.7. The third kappa shape index (κ3) is 3.95. The van der Waals surface area contributed by atoms with Crippen LogP contribution in [0.15, 0.2) is 47.3 Å². The molecule has 7 nitrogen and oxygen atoms in total. The maximum absolute atomic E-state index is 14.7. The van der Waals surface area contributed by atoms with Gasteiger partial charge >= 0.3 is 6.09 Å². The summed E-state index contributed by atoms with van der Waals surface area (Å²) in [4.78, 5) is 36.6. The molecule has 1 fully saturated rings. The molecule has 1 aliphatic rings. The van der Waals surface area contributed by atoms with Crippen LogP contribution in [0.4, 0.5) is 20.6 Å². The minimum atomic E-state index is -0.772. The van der Waals surface area contributed by atoms with E-state index >= 15 is 0 Å². The minimum Gasteiger partial charge on any atom is -0.423 e. The quantitative estimate of drug-likeness (QED) is 0.826. The number of carbonyl (C=O) groups is 2. The molecule has 1 atom stereocenters. The second-order valence-electron chi connectivity index (χ2n) is 6.22. The zero-order chi connectivity index (χ0) is 20.3. The average molecular weight is 385 g/mol. The number of hydrogen-bond acceptors (Lipinski definition) is 5. The van der Waals surface area contributed by atoms with Crippen molar-refractivity contribution in [3.05, 3.63) is 58.5 Å². The molecule has 2 N–H and O–H groups in total. The van der Waals surface area contributed by atoms with Gasteiger partial charge in [0.05, 0.1) is 17.9 Å². The smallest absolute Gasteiger partial charge is 0.416 e. The third-order valence-electron chi connectivity index (χ3n) is 4.41. The lowest BCUT2D eigenvalue weighted by atomic mass is 10.1. The summed E-state index contributed by atoms with van der Waals surface area (Å²) in [5, 5.41) is 5.36. The first-order valence-electron chi connectivity index (χ1n) is 8.82. The number of amides is 2. The second-order valence-corrected chi connectivity index (χ2v) is 6.22. The summed E-state index contributed by atoms with van der Waals surface area (Å²) in [7, 11) is 1.64. The lowest BCUT2D eigenvalue weighted by molar-refractivity contribution is -0.123. The van der Waals surface area contributed by atoms with Crippen LogP contribution < -0.4 is 21.0 Å². The van der Waals surface area contributed by atoms with Crippen molar-refractivity contribution in [1.82, 2.24) is 5.32 Å². The lowest BCUT2D eigenvalue weighted by Crippen LogP contribution is -2.37. The Bertz CT molecular complexity index is 980. The molecule has 0 bridgehead atoms. The van der Waals surface area contributed by atoms with Gasteiger partial charge in [0.15, 0.2) is 6.23 Å². The van der Waals surface area contributed by atoms with Crippen LogP contribution in [0.1, 0.15) is 13.3 Å². The van der Waals surface area contributed by atoms with E-state index in [4.69, 9.17) is 4.74 Å². The fourth-order valence-corrected chi connectivity index (χ4v) is 2.89. The summed E-state index contributed by atoms with van der Waals surface area (Å²) in [5.41, 5.74) is 1.35. The van der Waals surface area contributed by atoms with Crippen molar-refractivity contribution >= 4 is 23.4 Å². The molecule has 2 aromatic rings. The minimum absolute atomic E-state index is 0.0920. The molecule has 0 spiro atoms. The second kappa shape index (κ2) is 8.08. The molecule has 8 heteroatoms. The number of halogens is 1. The van der Waals surface area contributed by atoms with Crippen LogP contribution in [0.2, 0.25) is 0 Å². The largest absolute Gasteiger partial charge is 0.423 e. The first-order chi connectivity index (χ1) is 13.4. The third-order valence-corrected chi connectivity index (χ3v) is 4.41. The Kier molecular flexibility index (Phi) is 5.58. The van der Waals surface area contributed by atoms with E-state index in [9.17, 15) is 18.8 Å². The molecule has 0 radical (unpaired) electrons. The Labute approximate surface area is 161 Å². The van der Waals surface area contributed by atoms with Gasteiger partial charge in [-0.05, 0) is 35.9 Å². The number of rotatable bonds is 5. The Balaban J connectivity index is 1.85. The topological polar surface area (TPSA) is 87.7 Å². The van der Waals surface area contributed by atoms with E-state index in [1.807, 2.05) is 0 Å². The van der Waals surface area contributed by atoms with E-state index in [-0.39, 0.29) is 24.3 Å². The van der Waals surface area contributed by atoms with Crippen LogP contribution in [0, 0.1) is 5.82 Å². The molecule has 28 heavy (non-hydrogen) atoms. The van der Waals surface area contributed by atoms with Crippen LogP contribution in [0.3, 0.4) is 0 Å². The predicted molar refractivity (Wildman–Crippen MR) is 104 cm³/mol. The van der Waals surface area contributed by atoms with Gasteiger partial charge in [-0.1, -0.05) is 19.1 Å².